The maximum absolute atomic E-state index is 6.86. The number of nitrogens with zero attached hydrogens (tertiary/aromatic N) is 4. The number of hydrogen-bond donors (Lipinski definition) is 0. The number of ether oxygens (including phenoxy) is 3. The first-order valence-electron chi connectivity index (χ1n) is 25.1. The van der Waals surface area contributed by atoms with Gasteiger partial charge in [-0.25, -0.2) is 9.97 Å². The molecule has 0 amide bonds. The maximum atomic E-state index is 6.86. The van der Waals surface area contributed by atoms with Gasteiger partial charge in [-0.3, -0.25) is 9.13 Å². The third-order valence-electron chi connectivity index (χ3n) is 14.6. The maximum Gasteiger partial charge on any atom is 0.260 e. The lowest BCUT2D eigenvalue weighted by molar-refractivity contribution is 0.465. The Bertz CT molecular complexity index is 4050. The summed E-state index contributed by atoms with van der Waals surface area (Å²) in [7, 11) is 0. The van der Waals surface area contributed by atoms with Gasteiger partial charge in [0.2, 0.25) is 0 Å². The molecule has 0 spiro atoms. The fraction of sp³-hybridized carbons (Fsp3) is 0.0606. The first-order valence-corrected chi connectivity index (χ1v) is 25.1. The van der Waals surface area contributed by atoms with E-state index in [1.165, 1.54) is 5.56 Å². The van der Waals surface area contributed by atoms with Crippen LogP contribution in [0.2, 0.25) is 0 Å². The summed E-state index contributed by atoms with van der Waals surface area (Å²) in [5.74, 6) is 6.40. The van der Waals surface area contributed by atoms with Crippen LogP contribution in [0.25, 0.3) is 78.1 Å². The van der Waals surface area contributed by atoms with Gasteiger partial charge >= 0.3 is 0 Å². The Morgan fingerprint density at radius 1 is 0.459 bits per heavy atom. The van der Waals surface area contributed by atoms with Crippen molar-refractivity contribution in [1.29, 1.82) is 0 Å². The topological polar surface area (TPSA) is 63.3 Å². The molecule has 7 nitrogen and oxygen atoms in total. The second-order valence-corrected chi connectivity index (χ2v) is 20.2. The Labute approximate surface area is 429 Å². The Morgan fingerprint density at radius 2 is 1.09 bits per heavy atom. The van der Waals surface area contributed by atoms with Crippen molar-refractivity contribution < 1.29 is 14.2 Å². The minimum absolute atomic E-state index is 0.0124. The van der Waals surface area contributed by atoms with E-state index in [-0.39, 0.29) is 12.1 Å². The summed E-state index contributed by atoms with van der Waals surface area (Å²) in [4.78, 5) is 10.00. The predicted molar refractivity (Wildman–Crippen MR) is 300 cm³/mol. The molecule has 5 heterocycles. The molecule has 352 valence electrons. The molecule has 2 aliphatic rings. The first kappa shape index (κ1) is 43.4. The zero-order valence-corrected chi connectivity index (χ0v) is 41.0. The first-order chi connectivity index (χ1) is 36.3. The molecule has 0 radical (unpaired) electrons. The number of imidazole rings is 1. The predicted octanol–water partition coefficient (Wildman–Crippen LogP) is 14.8. The molecule has 9 aromatic carbocycles. The highest BCUT2D eigenvalue weighted by Crippen LogP contribution is 2.43. The van der Waals surface area contributed by atoms with Crippen molar-refractivity contribution in [2.75, 3.05) is 0 Å². The summed E-state index contributed by atoms with van der Waals surface area (Å²) in [6.45, 7) is 6.72. The van der Waals surface area contributed by atoms with Crippen LogP contribution in [0.3, 0.4) is 0 Å². The van der Waals surface area contributed by atoms with E-state index in [1.54, 1.807) is 0 Å². The molecule has 74 heavy (non-hydrogen) atoms. The highest BCUT2D eigenvalue weighted by Gasteiger charge is 2.40. The zero-order chi connectivity index (χ0) is 49.5. The van der Waals surface area contributed by atoms with Crippen LogP contribution in [0, 0.1) is 0 Å². The van der Waals surface area contributed by atoms with Crippen molar-refractivity contribution in [2.24, 2.45) is 0 Å². The second kappa shape index (κ2) is 17.1. The molecular formula is C66H47BN4O3. The highest BCUT2D eigenvalue weighted by atomic mass is 16.5. The molecule has 3 aromatic heterocycles. The summed E-state index contributed by atoms with van der Waals surface area (Å²) in [6, 6.07) is 74.2. The molecule has 8 heteroatoms. The third kappa shape index (κ3) is 7.28. The van der Waals surface area contributed by atoms with Crippen molar-refractivity contribution >= 4 is 44.9 Å². The third-order valence-corrected chi connectivity index (χ3v) is 14.6. The van der Waals surface area contributed by atoms with E-state index in [2.05, 4.69) is 224 Å². The molecule has 0 saturated heterocycles. The number of aromatic nitrogens is 4. The monoisotopic (exact) mass is 954 g/mol. The van der Waals surface area contributed by atoms with Crippen molar-refractivity contribution in [3.63, 3.8) is 0 Å². The van der Waals surface area contributed by atoms with Crippen LogP contribution in [0.4, 0.5) is 0 Å². The number of rotatable bonds is 8. The minimum atomic E-state index is -0.0821. The van der Waals surface area contributed by atoms with Gasteiger partial charge in [0, 0.05) is 57.6 Å². The van der Waals surface area contributed by atoms with Crippen LogP contribution in [0.15, 0.2) is 231 Å². The standard InChI is InChI=1S/C66H47BN4O3/c1-66(2,3)47-32-33-68-62(40-47)71-56-31-28-44(46-38-60-63-61(39-46)74-59-27-13-11-25-55(59)67(63)54-24-10-12-26-58(54)73-60)37-53(56)52-30-29-49(41-57(52)71)72-48-21-14-20-45(36-48)65-69-34-35-70(65)64-50(42-16-6-4-7-17-42)22-15-23-51(64)43-18-8-5-9-19-43/h4-41H,1-3H3. The molecule has 2 aliphatic heterocycles. The van der Waals surface area contributed by atoms with Crippen molar-refractivity contribution in [3.8, 4) is 90.8 Å². The molecule has 0 fully saturated rings. The lowest BCUT2D eigenvalue weighted by Gasteiger charge is -2.33. The Morgan fingerprint density at radius 3 is 1.78 bits per heavy atom. The van der Waals surface area contributed by atoms with Gasteiger partial charge in [-0.15, -0.1) is 0 Å². The van der Waals surface area contributed by atoms with Crippen molar-refractivity contribution in [3.05, 3.63) is 236 Å². The van der Waals surface area contributed by atoms with Crippen LogP contribution in [-0.2, 0) is 5.41 Å². The van der Waals surface area contributed by atoms with Gasteiger partial charge in [-0.05, 0) is 117 Å². The van der Waals surface area contributed by atoms with E-state index in [0.717, 1.165) is 117 Å². The number of pyridine rings is 1. The largest absolute Gasteiger partial charge is 0.458 e. The van der Waals surface area contributed by atoms with Crippen LogP contribution in [0.1, 0.15) is 26.3 Å². The number of fused-ring (bicyclic) bond motifs is 7. The molecule has 0 N–H and O–H groups in total. The SMILES string of the molecule is CC(C)(C)c1ccnc(-n2c3ccc(-c4cc5c6c(c4)Oc4ccccc4B6c4ccccc4O5)cc3c3ccc(Oc4cccc(-c5nccn5-c5c(-c6ccccc6)cccc5-c5ccccc5)c4)cc32)c1. The molecule has 0 unspecified atom stereocenters. The summed E-state index contributed by atoms with van der Waals surface area (Å²) in [5.41, 5.74) is 15.0. The van der Waals surface area contributed by atoms with E-state index in [9.17, 15) is 0 Å². The molecule has 0 atom stereocenters. The van der Waals surface area contributed by atoms with Crippen molar-refractivity contribution in [1.82, 2.24) is 19.1 Å². The van der Waals surface area contributed by atoms with Crippen molar-refractivity contribution in [2.45, 2.75) is 26.2 Å². The number of benzene rings is 9. The number of hydrogen-bond acceptors (Lipinski definition) is 5. The zero-order valence-electron chi connectivity index (χ0n) is 41.0. The molecule has 0 saturated carbocycles. The van der Waals surface area contributed by atoms with Gasteiger partial charge < -0.3 is 14.2 Å². The molecule has 0 bridgehead atoms. The fourth-order valence-corrected chi connectivity index (χ4v) is 11.1. The van der Waals surface area contributed by atoms with Crippen LogP contribution in [-0.4, -0.2) is 25.8 Å². The molecular weight excluding hydrogens is 908 g/mol. The minimum Gasteiger partial charge on any atom is -0.458 e. The molecule has 14 rings (SSSR count). The second-order valence-electron chi connectivity index (χ2n) is 20.2. The molecule has 0 aliphatic carbocycles. The summed E-state index contributed by atoms with van der Waals surface area (Å²) < 4.78 is 24.7. The summed E-state index contributed by atoms with van der Waals surface area (Å²) in [6.07, 6.45) is 5.84. The van der Waals surface area contributed by atoms with Gasteiger partial charge in [-0.1, -0.05) is 154 Å². The lowest BCUT2D eigenvalue weighted by Crippen LogP contribution is -2.57. The van der Waals surface area contributed by atoms with E-state index in [4.69, 9.17) is 24.2 Å². The number of para-hydroxylation sites is 3. The van der Waals surface area contributed by atoms with Crippen LogP contribution < -0.4 is 30.6 Å². The quantitative estimate of drug-likeness (QED) is 0.142. The average Bonchev–Trinajstić information content (AvgIpc) is 4.09. The fourth-order valence-electron chi connectivity index (χ4n) is 11.1. The smallest absolute Gasteiger partial charge is 0.260 e. The summed E-state index contributed by atoms with van der Waals surface area (Å²) in [5, 5.41) is 2.17. The lowest BCUT2D eigenvalue weighted by atomic mass is 9.35. The van der Waals surface area contributed by atoms with E-state index in [1.807, 2.05) is 36.7 Å². The Balaban J connectivity index is 0.869. The Kier molecular flexibility index (Phi) is 10.1. The average molecular weight is 955 g/mol. The molecule has 12 aromatic rings. The van der Waals surface area contributed by atoms with Gasteiger partial charge in [-0.2, -0.15) is 0 Å². The van der Waals surface area contributed by atoms with Crippen LogP contribution >= 0.6 is 0 Å². The van der Waals surface area contributed by atoms with Crippen LogP contribution in [0.5, 0.6) is 34.5 Å². The Hall–Kier alpha value is -9.40. The van der Waals surface area contributed by atoms with E-state index in [0.29, 0.717) is 11.5 Å². The van der Waals surface area contributed by atoms with Gasteiger partial charge in [0.25, 0.3) is 6.71 Å². The normalized spacial score (nSPS) is 12.4. The van der Waals surface area contributed by atoms with Gasteiger partial charge in [0.05, 0.1) is 16.7 Å². The van der Waals surface area contributed by atoms with Gasteiger partial charge in [0.1, 0.15) is 46.1 Å². The van der Waals surface area contributed by atoms with E-state index >= 15 is 0 Å². The summed E-state index contributed by atoms with van der Waals surface area (Å²) >= 11 is 0. The highest BCUT2D eigenvalue weighted by molar-refractivity contribution is 6.98. The van der Waals surface area contributed by atoms with Gasteiger partial charge in [0.15, 0.2) is 0 Å². The van der Waals surface area contributed by atoms with E-state index < -0.39 is 0 Å².